The van der Waals surface area contributed by atoms with Gasteiger partial charge in [0.05, 0.1) is 5.02 Å². The maximum atomic E-state index is 12.6. The number of amides is 1. The highest BCUT2D eigenvalue weighted by molar-refractivity contribution is 6.33. The van der Waals surface area contributed by atoms with Gasteiger partial charge in [0.1, 0.15) is 6.04 Å². The van der Waals surface area contributed by atoms with Crippen LogP contribution in [0.2, 0.25) is 5.02 Å². The fourth-order valence-corrected chi connectivity index (χ4v) is 3.08. The Morgan fingerprint density at radius 1 is 1.00 bits per heavy atom. The molecule has 0 aliphatic carbocycles. The fraction of sp³-hybridized carbons (Fsp3) is 0.0909. The summed E-state index contributed by atoms with van der Waals surface area (Å²) in [7, 11) is 0. The lowest BCUT2D eigenvalue weighted by molar-refractivity contribution is 0.0932. The normalized spacial score (nSPS) is 11.8. The maximum absolute atomic E-state index is 12.6. The minimum atomic E-state index is -0.453. The largest absolute Gasteiger partial charge is 0.341 e. The molecule has 0 saturated heterocycles. The molecule has 144 valence electrons. The number of carbonyl (C=O) groups is 1. The van der Waals surface area contributed by atoms with E-state index >= 15 is 0 Å². The van der Waals surface area contributed by atoms with E-state index in [4.69, 9.17) is 16.1 Å². The van der Waals surface area contributed by atoms with E-state index in [1.165, 1.54) is 0 Å². The van der Waals surface area contributed by atoms with Crippen molar-refractivity contribution < 1.29 is 9.32 Å². The molecule has 2 aromatic heterocycles. The third-order valence-electron chi connectivity index (χ3n) is 4.44. The van der Waals surface area contributed by atoms with Gasteiger partial charge >= 0.3 is 0 Å². The number of nitrogens with one attached hydrogen (secondary N) is 1. The number of halogens is 1. The van der Waals surface area contributed by atoms with Crippen molar-refractivity contribution in [2.45, 2.75) is 13.0 Å². The van der Waals surface area contributed by atoms with Crippen molar-refractivity contribution in [2.24, 2.45) is 0 Å². The molecule has 29 heavy (non-hydrogen) atoms. The van der Waals surface area contributed by atoms with Gasteiger partial charge in [-0.1, -0.05) is 41.0 Å². The van der Waals surface area contributed by atoms with Gasteiger partial charge in [0.25, 0.3) is 5.91 Å². The van der Waals surface area contributed by atoms with Crippen LogP contribution in [-0.2, 0) is 0 Å². The van der Waals surface area contributed by atoms with Crippen LogP contribution in [0.3, 0.4) is 0 Å². The molecule has 0 aliphatic heterocycles. The van der Waals surface area contributed by atoms with Gasteiger partial charge in [-0.3, -0.25) is 9.78 Å². The van der Waals surface area contributed by atoms with Crippen LogP contribution in [0, 0.1) is 0 Å². The first-order valence-electron chi connectivity index (χ1n) is 9.01. The molecule has 1 N–H and O–H groups in total. The van der Waals surface area contributed by atoms with Crippen LogP contribution in [0.5, 0.6) is 0 Å². The van der Waals surface area contributed by atoms with Gasteiger partial charge < -0.3 is 9.84 Å². The zero-order valence-corrected chi connectivity index (χ0v) is 16.3. The van der Waals surface area contributed by atoms with Gasteiger partial charge in [-0.15, -0.1) is 0 Å². The van der Waals surface area contributed by atoms with E-state index in [1.807, 2.05) is 42.5 Å². The predicted molar refractivity (Wildman–Crippen MR) is 110 cm³/mol. The van der Waals surface area contributed by atoms with E-state index < -0.39 is 6.04 Å². The van der Waals surface area contributed by atoms with Crippen molar-refractivity contribution in [3.8, 4) is 22.5 Å². The van der Waals surface area contributed by atoms with Gasteiger partial charge in [0.15, 0.2) is 0 Å². The van der Waals surface area contributed by atoms with E-state index in [0.717, 1.165) is 11.1 Å². The Morgan fingerprint density at radius 3 is 2.41 bits per heavy atom. The molecule has 0 bridgehead atoms. The fourth-order valence-electron chi connectivity index (χ4n) is 2.86. The van der Waals surface area contributed by atoms with Crippen molar-refractivity contribution >= 4 is 17.5 Å². The first-order valence-corrected chi connectivity index (χ1v) is 9.39. The van der Waals surface area contributed by atoms with E-state index in [2.05, 4.69) is 20.4 Å². The summed E-state index contributed by atoms with van der Waals surface area (Å²) in [5.41, 5.74) is 3.27. The van der Waals surface area contributed by atoms with Crippen LogP contribution in [0.1, 0.15) is 29.2 Å². The minimum absolute atomic E-state index is 0.226. The summed E-state index contributed by atoms with van der Waals surface area (Å²) in [6, 6.07) is 18.0. The molecule has 7 heteroatoms. The Kier molecular flexibility index (Phi) is 5.35. The SMILES string of the molecule is CC(NC(=O)c1ccc(-c2ccncc2)cc1)c1nc(-c2ccccc2Cl)no1. The van der Waals surface area contributed by atoms with Crippen LogP contribution < -0.4 is 5.32 Å². The molecule has 0 fully saturated rings. The molecule has 4 rings (SSSR count). The number of rotatable bonds is 5. The molecule has 0 aliphatic rings. The summed E-state index contributed by atoms with van der Waals surface area (Å²) < 4.78 is 5.31. The predicted octanol–water partition coefficient (Wildman–Crippen LogP) is 4.94. The maximum Gasteiger partial charge on any atom is 0.251 e. The summed E-state index contributed by atoms with van der Waals surface area (Å²) in [5, 5.41) is 7.37. The quantitative estimate of drug-likeness (QED) is 0.509. The van der Waals surface area contributed by atoms with Gasteiger partial charge in [0.2, 0.25) is 11.7 Å². The lowest BCUT2D eigenvalue weighted by Gasteiger charge is -2.10. The Bertz CT molecular complexity index is 1130. The molecule has 1 amide bonds. The Labute approximate surface area is 172 Å². The van der Waals surface area contributed by atoms with Crippen LogP contribution in [0.4, 0.5) is 0 Å². The van der Waals surface area contributed by atoms with Gasteiger partial charge in [-0.2, -0.15) is 4.98 Å². The van der Waals surface area contributed by atoms with Crippen LogP contribution in [0.25, 0.3) is 22.5 Å². The smallest absolute Gasteiger partial charge is 0.251 e. The first-order chi connectivity index (χ1) is 14.1. The molecule has 0 saturated carbocycles. The van der Waals surface area contributed by atoms with Crippen molar-refractivity contribution in [1.82, 2.24) is 20.4 Å². The lowest BCUT2D eigenvalue weighted by Crippen LogP contribution is -2.26. The summed E-state index contributed by atoms with van der Waals surface area (Å²) >= 11 is 6.17. The second-order valence-corrected chi connectivity index (χ2v) is 6.85. The average molecular weight is 405 g/mol. The van der Waals surface area contributed by atoms with Crippen molar-refractivity contribution in [3.05, 3.63) is 89.5 Å². The van der Waals surface area contributed by atoms with Crippen molar-refractivity contribution in [1.29, 1.82) is 0 Å². The van der Waals surface area contributed by atoms with E-state index in [-0.39, 0.29) is 5.91 Å². The molecule has 1 unspecified atom stereocenters. The van der Waals surface area contributed by atoms with Gasteiger partial charge in [-0.25, -0.2) is 0 Å². The molecular formula is C22H17ClN4O2. The second-order valence-electron chi connectivity index (χ2n) is 6.44. The summed E-state index contributed by atoms with van der Waals surface area (Å²) in [5.74, 6) is 0.464. The molecular weight excluding hydrogens is 388 g/mol. The lowest BCUT2D eigenvalue weighted by atomic mass is 10.0. The number of hydrogen-bond acceptors (Lipinski definition) is 5. The number of nitrogens with zero attached hydrogens (tertiary/aromatic N) is 3. The second kappa shape index (κ2) is 8.24. The third kappa shape index (κ3) is 4.17. The number of carbonyl (C=O) groups excluding carboxylic acids is 1. The third-order valence-corrected chi connectivity index (χ3v) is 4.76. The van der Waals surface area contributed by atoms with Crippen molar-refractivity contribution in [3.63, 3.8) is 0 Å². The highest BCUT2D eigenvalue weighted by Crippen LogP contribution is 2.26. The van der Waals surface area contributed by atoms with Crippen molar-refractivity contribution in [2.75, 3.05) is 0 Å². The van der Waals surface area contributed by atoms with Gasteiger partial charge in [0, 0.05) is 23.5 Å². The van der Waals surface area contributed by atoms with Gasteiger partial charge in [-0.05, 0) is 54.4 Å². The van der Waals surface area contributed by atoms with E-state index in [9.17, 15) is 4.79 Å². The number of pyridine rings is 1. The Hall–Kier alpha value is -3.51. The van der Waals surface area contributed by atoms with Crippen LogP contribution >= 0.6 is 11.6 Å². The summed E-state index contributed by atoms with van der Waals surface area (Å²) in [6.07, 6.45) is 3.47. The molecule has 2 heterocycles. The van der Waals surface area contributed by atoms with Crippen LogP contribution in [-0.4, -0.2) is 21.0 Å². The zero-order chi connectivity index (χ0) is 20.2. The Balaban J connectivity index is 1.45. The Morgan fingerprint density at radius 2 is 1.69 bits per heavy atom. The minimum Gasteiger partial charge on any atom is -0.341 e. The van der Waals surface area contributed by atoms with E-state index in [0.29, 0.717) is 27.9 Å². The highest BCUT2D eigenvalue weighted by atomic mass is 35.5. The average Bonchev–Trinajstić information content (AvgIpc) is 3.25. The summed E-state index contributed by atoms with van der Waals surface area (Å²) in [4.78, 5) is 20.9. The first kappa shape index (κ1) is 18.8. The number of aromatic nitrogens is 3. The molecule has 1 atom stereocenters. The zero-order valence-electron chi connectivity index (χ0n) is 15.5. The molecule has 4 aromatic rings. The number of benzene rings is 2. The standard InChI is InChI=1S/C22H17ClN4O2/c1-14(22-26-20(27-29-22)18-4-2-3-5-19(18)23)25-21(28)17-8-6-15(7-9-17)16-10-12-24-13-11-16/h2-14H,1H3,(H,25,28). The van der Waals surface area contributed by atoms with E-state index in [1.54, 1.807) is 37.5 Å². The topological polar surface area (TPSA) is 80.9 Å². The molecule has 2 aromatic carbocycles. The highest BCUT2D eigenvalue weighted by Gasteiger charge is 2.19. The monoisotopic (exact) mass is 404 g/mol. The van der Waals surface area contributed by atoms with Crippen LogP contribution in [0.15, 0.2) is 77.6 Å². The molecule has 6 nitrogen and oxygen atoms in total. The molecule has 0 radical (unpaired) electrons. The summed E-state index contributed by atoms with van der Waals surface area (Å²) in [6.45, 7) is 1.78. The molecule has 0 spiro atoms. The number of hydrogen-bond donors (Lipinski definition) is 1.